The van der Waals surface area contributed by atoms with Crippen molar-refractivity contribution in [2.45, 2.75) is 32.2 Å². The Morgan fingerprint density at radius 1 is 1.12 bits per heavy atom. The third-order valence-electron chi connectivity index (χ3n) is 6.61. The Morgan fingerprint density at radius 3 is 2.76 bits per heavy atom. The van der Waals surface area contributed by atoms with Gasteiger partial charge in [0.15, 0.2) is 5.82 Å². The van der Waals surface area contributed by atoms with Crippen molar-refractivity contribution in [2.75, 3.05) is 13.1 Å². The molecular weight excluding hydrogens is 456 g/mol. The fourth-order valence-corrected chi connectivity index (χ4v) is 6.08. The average molecular weight is 479 g/mol. The molecule has 0 spiro atoms. The zero-order valence-electron chi connectivity index (χ0n) is 18.5. The zero-order chi connectivity index (χ0) is 22.7. The first-order chi connectivity index (χ1) is 16.0. The Hall–Kier alpha value is -2.81. The second-order valence-electron chi connectivity index (χ2n) is 8.85. The quantitative estimate of drug-likeness (QED) is 0.381. The van der Waals surface area contributed by atoms with Gasteiger partial charge in [0, 0.05) is 18.0 Å². The predicted molar refractivity (Wildman–Crippen MR) is 132 cm³/mol. The third-order valence-corrected chi connectivity index (χ3v) is 8.04. The maximum Gasteiger partial charge on any atom is 0.262 e. The number of fused-ring (bicyclic) bond motifs is 4. The minimum atomic E-state index is -0.0434. The SMILES string of the molecule is Cc1ccc2c(c1)c(=O)n(C)c1nnc(CN3CCC(c4nc5cc(Cl)ccc5s4)CC3)n21. The lowest BCUT2D eigenvalue weighted by molar-refractivity contribution is 0.200. The van der Waals surface area contributed by atoms with Crippen molar-refractivity contribution in [3.05, 3.63) is 68.2 Å². The third kappa shape index (κ3) is 3.53. The summed E-state index contributed by atoms with van der Waals surface area (Å²) >= 11 is 7.91. The van der Waals surface area contributed by atoms with Gasteiger partial charge >= 0.3 is 0 Å². The van der Waals surface area contributed by atoms with Crippen LogP contribution in [0, 0.1) is 6.92 Å². The Morgan fingerprint density at radius 2 is 1.94 bits per heavy atom. The number of likely N-dealkylation sites (tertiary alicyclic amines) is 1. The van der Waals surface area contributed by atoms with Crippen LogP contribution >= 0.6 is 22.9 Å². The maximum atomic E-state index is 12.8. The summed E-state index contributed by atoms with van der Waals surface area (Å²) < 4.78 is 4.81. The largest absolute Gasteiger partial charge is 0.296 e. The van der Waals surface area contributed by atoms with Gasteiger partial charge in [-0.15, -0.1) is 21.5 Å². The van der Waals surface area contributed by atoms with E-state index in [0.717, 1.165) is 53.4 Å². The molecule has 0 saturated carbocycles. The van der Waals surface area contributed by atoms with Crippen LogP contribution in [-0.2, 0) is 13.6 Å². The van der Waals surface area contributed by atoms with Crippen LogP contribution in [-0.4, -0.2) is 42.1 Å². The summed E-state index contributed by atoms with van der Waals surface area (Å²) in [4.78, 5) is 20.1. The number of nitrogens with zero attached hydrogens (tertiary/aromatic N) is 6. The summed E-state index contributed by atoms with van der Waals surface area (Å²) in [7, 11) is 1.76. The molecule has 0 aliphatic carbocycles. The molecule has 6 rings (SSSR count). The molecule has 0 N–H and O–H groups in total. The van der Waals surface area contributed by atoms with Gasteiger partial charge in [-0.2, -0.15) is 0 Å². The lowest BCUT2D eigenvalue weighted by Gasteiger charge is -2.30. The molecular formula is C24H23ClN6OS. The topological polar surface area (TPSA) is 68.3 Å². The first-order valence-corrected chi connectivity index (χ1v) is 12.3. The summed E-state index contributed by atoms with van der Waals surface area (Å²) in [6, 6.07) is 11.9. The lowest BCUT2D eigenvalue weighted by atomic mass is 9.97. The first kappa shape index (κ1) is 20.8. The normalized spacial score (nSPS) is 15.8. The minimum absolute atomic E-state index is 0.0434. The molecule has 4 heterocycles. The number of hydrogen-bond donors (Lipinski definition) is 0. The molecule has 1 aliphatic rings. The molecule has 1 saturated heterocycles. The molecule has 3 aromatic heterocycles. The molecule has 0 radical (unpaired) electrons. The highest BCUT2D eigenvalue weighted by Gasteiger charge is 2.25. The van der Waals surface area contributed by atoms with Gasteiger partial charge < -0.3 is 0 Å². The summed E-state index contributed by atoms with van der Waals surface area (Å²) in [5.41, 5.74) is 2.88. The lowest BCUT2D eigenvalue weighted by Crippen LogP contribution is -2.33. The van der Waals surface area contributed by atoms with Crippen molar-refractivity contribution in [1.29, 1.82) is 0 Å². The fourth-order valence-electron chi connectivity index (χ4n) is 4.79. The van der Waals surface area contributed by atoms with Crippen molar-refractivity contribution >= 4 is 49.8 Å². The van der Waals surface area contributed by atoms with E-state index in [2.05, 4.69) is 21.2 Å². The molecule has 2 aromatic carbocycles. The predicted octanol–water partition coefficient (Wildman–Crippen LogP) is 4.53. The summed E-state index contributed by atoms with van der Waals surface area (Å²) in [6.07, 6.45) is 2.12. The molecule has 0 amide bonds. The Kier molecular flexibility index (Phi) is 4.97. The number of piperidine rings is 1. The fraction of sp³-hybridized carbons (Fsp3) is 0.333. The van der Waals surface area contributed by atoms with E-state index in [1.54, 1.807) is 23.0 Å². The van der Waals surface area contributed by atoms with Gasteiger partial charge in [0.05, 0.1) is 32.7 Å². The standard InChI is InChI=1S/C24H23ClN6OS/c1-14-3-5-19-17(11-14)23(32)29(2)24-28-27-21(31(19)24)13-30-9-7-15(8-10-30)22-26-18-12-16(25)4-6-20(18)33-22/h3-6,11-12,15H,7-10,13H2,1-2H3. The molecule has 7 nitrogen and oxygen atoms in total. The number of thiazole rings is 1. The van der Waals surface area contributed by atoms with E-state index in [9.17, 15) is 4.79 Å². The van der Waals surface area contributed by atoms with Crippen molar-refractivity contribution in [1.82, 2.24) is 29.0 Å². The van der Waals surface area contributed by atoms with E-state index < -0.39 is 0 Å². The van der Waals surface area contributed by atoms with E-state index in [0.29, 0.717) is 23.6 Å². The van der Waals surface area contributed by atoms with Crippen molar-refractivity contribution in [3.8, 4) is 0 Å². The van der Waals surface area contributed by atoms with E-state index >= 15 is 0 Å². The van der Waals surface area contributed by atoms with Gasteiger partial charge in [0.2, 0.25) is 5.78 Å². The molecule has 33 heavy (non-hydrogen) atoms. The summed E-state index contributed by atoms with van der Waals surface area (Å²) in [5, 5.41) is 11.4. The van der Waals surface area contributed by atoms with Crippen LogP contribution in [0.1, 0.15) is 35.2 Å². The second kappa shape index (κ2) is 7.90. The molecule has 1 aliphatic heterocycles. The van der Waals surface area contributed by atoms with Crippen LogP contribution in [0.25, 0.3) is 26.9 Å². The van der Waals surface area contributed by atoms with Gasteiger partial charge in [-0.3, -0.25) is 18.7 Å². The van der Waals surface area contributed by atoms with Crippen LogP contribution in [0.2, 0.25) is 5.02 Å². The Labute approximate surface area is 199 Å². The van der Waals surface area contributed by atoms with Crippen molar-refractivity contribution in [3.63, 3.8) is 0 Å². The maximum absolute atomic E-state index is 12.8. The van der Waals surface area contributed by atoms with Crippen LogP contribution in [0.3, 0.4) is 0 Å². The van der Waals surface area contributed by atoms with Gasteiger partial charge in [0.1, 0.15) is 0 Å². The van der Waals surface area contributed by atoms with Crippen LogP contribution in [0.5, 0.6) is 0 Å². The van der Waals surface area contributed by atoms with E-state index in [1.807, 2.05) is 41.7 Å². The Balaban J connectivity index is 1.26. The molecule has 0 atom stereocenters. The molecule has 1 fully saturated rings. The molecule has 0 unspecified atom stereocenters. The number of aryl methyl sites for hydroxylation is 2. The molecule has 5 aromatic rings. The van der Waals surface area contributed by atoms with Gasteiger partial charge in [-0.05, 0) is 63.2 Å². The van der Waals surface area contributed by atoms with Crippen molar-refractivity contribution < 1.29 is 0 Å². The van der Waals surface area contributed by atoms with Crippen molar-refractivity contribution in [2.24, 2.45) is 7.05 Å². The van der Waals surface area contributed by atoms with E-state index in [4.69, 9.17) is 16.6 Å². The van der Waals surface area contributed by atoms with Crippen LogP contribution in [0.15, 0.2) is 41.2 Å². The smallest absolute Gasteiger partial charge is 0.262 e. The molecule has 9 heteroatoms. The average Bonchev–Trinajstić information content (AvgIpc) is 3.42. The number of halogens is 1. The Bertz CT molecular complexity index is 1580. The van der Waals surface area contributed by atoms with Crippen LogP contribution < -0.4 is 5.56 Å². The zero-order valence-corrected chi connectivity index (χ0v) is 20.0. The number of rotatable bonds is 3. The number of benzene rings is 2. The monoisotopic (exact) mass is 478 g/mol. The number of hydrogen-bond acceptors (Lipinski definition) is 6. The molecule has 168 valence electrons. The first-order valence-electron chi connectivity index (χ1n) is 11.1. The summed E-state index contributed by atoms with van der Waals surface area (Å²) in [5.74, 6) is 1.91. The van der Waals surface area contributed by atoms with E-state index in [-0.39, 0.29) is 5.56 Å². The van der Waals surface area contributed by atoms with E-state index in [1.165, 1.54) is 9.71 Å². The highest BCUT2D eigenvalue weighted by Crippen LogP contribution is 2.35. The minimum Gasteiger partial charge on any atom is -0.296 e. The second-order valence-corrected chi connectivity index (χ2v) is 10.3. The van der Waals surface area contributed by atoms with Crippen LogP contribution in [0.4, 0.5) is 0 Å². The number of aromatic nitrogens is 5. The summed E-state index contributed by atoms with van der Waals surface area (Å²) in [6.45, 7) is 4.64. The van der Waals surface area contributed by atoms with Gasteiger partial charge in [-0.25, -0.2) is 4.98 Å². The molecule has 0 bridgehead atoms. The van der Waals surface area contributed by atoms with Gasteiger partial charge in [-0.1, -0.05) is 23.2 Å². The van der Waals surface area contributed by atoms with Gasteiger partial charge in [0.25, 0.3) is 5.56 Å². The highest BCUT2D eigenvalue weighted by molar-refractivity contribution is 7.18. The highest BCUT2D eigenvalue weighted by atomic mass is 35.5.